The molecule has 0 aliphatic heterocycles. The molecule has 0 radical (unpaired) electrons. The molecule has 0 atom stereocenters. The monoisotopic (exact) mass is 333 g/mol. The van der Waals surface area contributed by atoms with Crippen LogP contribution >= 0.6 is 11.3 Å². The normalized spacial score (nSPS) is 10.6. The summed E-state index contributed by atoms with van der Waals surface area (Å²) in [4.78, 5) is 11.7. The van der Waals surface area contributed by atoms with Crippen LogP contribution in [0.5, 0.6) is 5.75 Å². The van der Waals surface area contributed by atoms with E-state index < -0.39 is 5.97 Å². The topological polar surface area (TPSA) is 58.6 Å². The number of aryl methyl sites for hydroxylation is 1. The van der Waals surface area contributed by atoms with Crippen molar-refractivity contribution in [1.82, 2.24) is 5.32 Å². The van der Waals surface area contributed by atoms with E-state index in [1.807, 2.05) is 12.1 Å². The second-order valence-corrected chi connectivity index (χ2v) is 6.35. The molecule has 0 saturated carbocycles. The molecule has 0 aliphatic rings. The summed E-state index contributed by atoms with van der Waals surface area (Å²) in [5.41, 5.74) is 1.27. The van der Waals surface area contributed by atoms with Crippen molar-refractivity contribution in [2.75, 3.05) is 19.7 Å². The van der Waals surface area contributed by atoms with E-state index in [4.69, 9.17) is 9.84 Å². The highest BCUT2D eigenvalue weighted by molar-refractivity contribution is 7.09. The molecule has 124 valence electrons. The zero-order valence-corrected chi connectivity index (χ0v) is 14.0. The van der Waals surface area contributed by atoms with Crippen LogP contribution in [-0.2, 0) is 17.6 Å². The van der Waals surface area contributed by atoms with Gasteiger partial charge in [-0.3, -0.25) is 4.79 Å². The van der Waals surface area contributed by atoms with Crippen molar-refractivity contribution in [2.24, 2.45) is 0 Å². The van der Waals surface area contributed by atoms with E-state index in [0.717, 1.165) is 31.6 Å². The molecule has 0 aliphatic carbocycles. The van der Waals surface area contributed by atoms with Gasteiger partial charge in [-0.15, -0.1) is 11.3 Å². The Hall–Kier alpha value is -1.85. The lowest BCUT2D eigenvalue weighted by molar-refractivity contribution is -0.136. The molecule has 23 heavy (non-hydrogen) atoms. The Bertz CT molecular complexity index is 566. The summed E-state index contributed by atoms with van der Waals surface area (Å²) < 4.78 is 5.75. The summed E-state index contributed by atoms with van der Waals surface area (Å²) >= 11 is 1.76. The summed E-state index contributed by atoms with van der Waals surface area (Å²) in [5.74, 6) is 0.150. The highest BCUT2D eigenvalue weighted by Crippen LogP contribution is 2.15. The number of thiophene rings is 1. The van der Waals surface area contributed by atoms with E-state index in [1.165, 1.54) is 10.4 Å². The summed E-state index contributed by atoms with van der Waals surface area (Å²) in [7, 11) is 0. The number of benzene rings is 1. The van der Waals surface area contributed by atoms with Crippen LogP contribution in [0.3, 0.4) is 0 Å². The lowest BCUT2D eigenvalue weighted by Crippen LogP contribution is -2.19. The van der Waals surface area contributed by atoms with E-state index >= 15 is 0 Å². The minimum atomic E-state index is -0.757. The van der Waals surface area contributed by atoms with E-state index in [0.29, 0.717) is 13.2 Å². The largest absolute Gasteiger partial charge is 0.493 e. The lowest BCUT2D eigenvalue weighted by atomic mass is 10.1. The Balaban J connectivity index is 1.59. The Kier molecular flexibility index (Phi) is 7.63. The first-order valence-electron chi connectivity index (χ1n) is 7.90. The van der Waals surface area contributed by atoms with Crippen molar-refractivity contribution >= 4 is 17.3 Å². The number of hydrogen-bond donors (Lipinski definition) is 2. The second kappa shape index (κ2) is 10.0. The molecular formula is C18H23NO3S. The van der Waals surface area contributed by atoms with E-state index in [9.17, 15) is 4.79 Å². The average Bonchev–Trinajstić information content (AvgIpc) is 3.05. The van der Waals surface area contributed by atoms with Crippen molar-refractivity contribution in [3.05, 3.63) is 52.2 Å². The third kappa shape index (κ3) is 7.30. The number of carbonyl (C=O) groups is 1. The van der Waals surface area contributed by atoms with Gasteiger partial charge in [-0.25, -0.2) is 0 Å². The predicted molar refractivity (Wildman–Crippen MR) is 93.4 cm³/mol. The van der Waals surface area contributed by atoms with Crippen LogP contribution in [0.4, 0.5) is 0 Å². The predicted octanol–water partition coefficient (Wildman–Crippen LogP) is 3.37. The molecular weight excluding hydrogens is 310 g/mol. The number of carboxylic acid groups (broad SMARTS) is 1. The fraction of sp³-hybridized carbons (Fsp3) is 0.389. The minimum absolute atomic E-state index is 0.178. The molecule has 1 aromatic heterocycles. The fourth-order valence-corrected chi connectivity index (χ4v) is 2.90. The standard InChI is InChI=1S/C18H23NO3S/c20-18(21)9-12-19-11-1-3-15-5-7-16(8-6-15)22-13-10-17-4-2-14-23-17/h2,4-8,14,19H,1,3,9-13H2,(H,20,21). The number of carboxylic acids is 1. The van der Waals surface area contributed by atoms with Gasteiger partial charge < -0.3 is 15.2 Å². The zero-order valence-electron chi connectivity index (χ0n) is 13.2. The maximum Gasteiger partial charge on any atom is 0.304 e. The number of hydrogen-bond acceptors (Lipinski definition) is 4. The van der Waals surface area contributed by atoms with Crippen LogP contribution in [0.2, 0.25) is 0 Å². The lowest BCUT2D eigenvalue weighted by Gasteiger charge is -2.07. The van der Waals surface area contributed by atoms with Crippen LogP contribution < -0.4 is 10.1 Å². The molecule has 2 aromatic rings. The van der Waals surface area contributed by atoms with E-state index in [1.54, 1.807) is 11.3 Å². The zero-order chi connectivity index (χ0) is 16.3. The van der Waals surface area contributed by atoms with Gasteiger partial charge in [-0.05, 0) is 48.5 Å². The number of rotatable bonds is 11. The maximum atomic E-state index is 10.4. The second-order valence-electron chi connectivity index (χ2n) is 5.32. The number of ether oxygens (including phenoxy) is 1. The van der Waals surface area contributed by atoms with Gasteiger partial charge in [0.15, 0.2) is 0 Å². The molecule has 0 spiro atoms. The number of aliphatic carboxylic acids is 1. The van der Waals surface area contributed by atoms with Gasteiger partial charge in [0.2, 0.25) is 0 Å². The Morgan fingerprint density at radius 3 is 2.65 bits per heavy atom. The van der Waals surface area contributed by atoms with Crippen molar-refractivity contribution in [3.63, 3.8) is 0 Å². The molecule has 2 rings (SSSR count). The SMILES string of the molecule is O=C(O)CCNCCCc1ccc(OCCc2cccs2)cc1. The first-order valence-corrected chi connectivity index (χ1v) is 8.78. The summed E-state index contributed by atoms with van der Waals surface area (Å²) in [6.45, 7) is 2.08. The van der Waals surface area contributed by atoms with Gasteiger partial charge >= 0.3 is 5.97 Å². The minimum Gasteiger partial charge on any atom is -0.493 e. The molecule has 1 heterocycles. The highest BCUT2D eigenvalue weighted by atomic mass is 32.1. The third-order valence-electron chi connectivity index (χ3n) is 3.46. The van der Waals surface area contributed by atoms with Crippen molar-refractivity contribution in [3.8, 4) is 5.75 Å². The Labute approximate surface area is 141 Å². The Morgan fingerprint density at radius 2 is 1.96 bits per heavy atom. The average molecular weight is 333 g/mol. The molecule has 2 N–H and O–H groups in total. The molecule has 4 nitrogen and oxygen atoms in total. The quantitative estimate of drug-likeness (QED) is 0.619. The van der Waals surface area contributed by atoms with Crippen molar-refractivity contribution < 1.29 is 14.6 Å². The van der Waals surface area contributed by atoms with Crippen LogP contribution in [0.15, 0.2) is 41.8 Å². The number of nitrogens with one attached hydrogen (secondary N) is 1. The molecule has 0 bridgehead atoms. The summed E-state index contributed by atoms with van der Waals surface area (Å²) in [6.07, 6.45) is 3.10. The van der Waals surface area contributed by atoms with Crippen LogP contribution in [0.25, 0.3) is 0 Å². The maximum absolute atomic E-state index is 10.4. The molecule has 0 unspecified atom stereocenters. The summed E-state index contributed by atoms with van der Waals surface area (Å²) in [6, 6.07) is 12.4. The third-order valence-corrected chi connectivity index (χ3v) is 4.39. The van der Waals surface area contributed by atoms with Crippen LogP contribution in [0, 0.1) is 0 Å². The van der Waals surface area contributed by atoms with Crippen LogP contribution in [0.1, 0.15) is 23.3 Å². The van der Waals surface area contributed by atoms with E-state index in [-0.39, 0.29) is 6.42 Å². The van der Waals surface area contributed by atoms with Crippen molar-refractivity contribution in [2.45, 2.75) is 25.7 Å². The van der Waals surface area contributed by atoms with Gasteiger partial charge in [-0.2, -0.15) is 0 Å². The van der Waals surface area contributed by atoms with Crippen molar-refractivity contribution in [1.29, 1.82) is 0 Å². The molecule has 0 fully saturated rings. The first-order chi connectivity index (χ1) is 11.2. The molecule has 5 heteroatoms. The van der Waals surface area contributed by atoms with Crippen LogP contribution in [-0.4, -0.2) is 30.8 Å². The molecule has 0 amide bonds. The van der Waals surface area contributed by atoms with Gasteiger partial charge in [-0.1, -0.05) is 18.2 Å². The fourth-order valence-electron chi connectivity index (χ4n) is 2.21. The first kappa shape index (κ1) is 17.5. The van der Waals surface area contributed by atoms with Gasteiger partial charge in [0.05, 0.1) is 13.0 Å². The summed E-state index contributed by atoms with van der Waals surface area (Å²) in [5, 5.41) is 13.8. The Morgan fingerprint density at radius 1 is 1.13 bits per heavy atom. The van der Waals surface area contributed by atoms with Gasteiger partial charge in [0, 0.05) is 17.8 Å². The highest BCUT2D eigenvalue weighted by Gasteiger charge is 1.99. The van der Waals surface area contributed by atoms with Gasteiger partial charge in [0.1, 0.15) is 5.75 Å². The molecule has 1 aromatic carbocycles. The van der Waals surface area contributed by atoms with Gasteiger partial charge in [0.25, 0.3) is 0 Å². The smallest absolute Gasteiger partial charge is 0.304 e. The van der Waals surface area contributed by atoms with E-state index in [2.05, 4.69) is 35.0 Å². The molecule has 0 saturated heterocycles.